The normalized spacial score (nSPS) is 10.9. The van der Waals surface area contributed by atoms with Crippen molar-refractivity contribution in [2.24, 2.45) is 5.73 Å². The maximum atomic E-state index is 10.4. The molecule has 1 aromatic heterocycles. The smallest absolute Gasteiger partial charge is 0.320 e. The van der Waals surface area contributed by atoms with Crippen LogP contribution in [0.15, 0.2) is 30.6 Å². The van der Waals surface area contributed by atoms with Gasteiger partial charge in [0, 0.05) is 18.6 Å². The molecule has 1 rings (SSSR count). The van der Waals surface area contributed by atoms with Gasteiger partial charge >= 0.3 is 5.97 Å². The third-order valence-electron chi connectivity index (χ3n) is 2.28. The highest BCUT2D eigenvalue weighted by molar-refractivity contribution is 5.85. The minimum Gasteiger partial charge on any atom is -1.00 e. The van der Waals surface area contributed by atoms with E-state index in [2.05, 4.69) is 4.57 Å². The summed E-state index contributed by atoms with van der Waals surface area (Å²) in [6, 6.07) is 5.20. The number of halogens is 2. The maximum absolute atomic E-state index is 10.4. The number of aliphatic carboxylic acids is 1. The molecule has 0 saturated carbocycles. The van der Waals surface area contributed by atoms with Gasteiger partial charge in [0.05, 0.1) is 0 Å². The number of unbranched alkanes of at least 4 members (excludes halogenated alkanes) is 1. The number of nitrogens with two attached hydrogens (primary N) is 1. The first kappa shape index (κ1) is 18.5. The Hall–Kier alpha value is -0.840. The van der Waals surface area contributed by atoms with E-state index in [4.69, 9.17) is 10.8 Å². The molecule has 17 heavy (non-hydrogen) atoms. The predicted octanol–water partition coefficient (Wildman–Crippen LogP) is -2.02. The number of carbonyl (C=O) groups is 1. The van der Waals surface area contributed by atoms with Crippen molar-refractivity contribution in [3.05, 3.63) is 30.6 Å². The van der Waals surface area contributed by atoms with Crippen LogP contribution in [0.25, 0.3) is 0 Å². The number of carboxylic acids is 1. The van der Waals surface area contributed by atoms with Gasteiger partial charge in [-0.3, -0.25) is 4.79 Å². The number of rotatable bonds is 6. The highest BCUT2D eigenvalue weighted by atomic mass is 35.5. The summed E-state index contributed by atoms with van der Waals surface area (Å²) in [4.78, 5) is 10.4. The molecule has 98 valence electrons. The molecule has 1 unspecified atom stereocenters. The van der Waals surface area contributed by atoms with Crippen LogP contribution < -0.4 is 22.7 Å². The van der Waals surface area contributed by atoms with Crippen LogP contribution in [-0.2, 0) is 11.3 Å². The Morgan fingerprint density at radius 3 is 2.35 bits per heavy atom. The van der Waals surface area contributed by atoms with E-state index in [9.17, 15) is 4.79 Å². The lowest BCUT2D eigenvalue weighted by Crippen LogP contribution is -3.00. The summed E-state index contributed by atoms with van der Waals surface area (Å²) < 4.78 is 2.08. The van der Waals surface area contributed by atoms with Crippen LogP contribution in [0, 0.1) is 0 Å². The summed E-state index contributed by atoms with van der Waals surface area (Å²) in [6.45, 7) is 0.910. The van der Waals surface area contributed by atoms with Gasteiger partial charge < -0.3 is 23.2 Å². The molecule has 0 aliphatic carbocycles. The third kappa shape index (κ3) is 7.96. The molecule has 0 aliphatic rings. The van der Waals surface area contributed by atoms with Crippen molar-refractivity contribution in [1.29, 1.82) is 0 Å². The molecule has 6 heteroatoms. The fraction of sp³-hybridized carbons (Fsp3) is 0.455. The summed E-state index contributed by atoms with van der Waals surface area (Å²) >= 11 is 0. The Labute approximate surface area is 114 Å². The molecule has 0 aliphatic heterocycles. The molecule has 1 heterocycles. The molecule has 3 N–H and O–H groups in total. The monoisotopic (exact) mass is 280 g/mol. The molecule has 0 saturated heterocycles. The molecule has 0 radical (unpaired) electrons. The molecule has 1 aromatic rings. The summed E-state index contributed by atoms with van der Waals surface area (Å²) in [5.41, 5.74) is 5.39. The lowest BCUT2D eigenvalue weighted by Gasteiger charge is -2.04. The van der Waals surface area contributed by atoms with Gasteiger partial charge in [0.25, 0.3) is 0 Å². The van der Waals surface area contributed by atoms with E-state index < -0.39 is 12.0 Å². The van der Waals surface area contributed by atoms with Gasteiger partial charge in [0.1, 0.15) is 12.6 Å². The van der Waals surface area contributed by atoms with E-state index in [1.165, 1.54) is 0 Å². The van der Waals surface area contributed by atoms with Crippen molar-refractivity contribution < 1.29 is 26.9 Å². The van der Waals surface area contributed by atoms with Gasteiger partial charge in [-0.2, -0.15) is 0 Å². The van der Waals surface area contributed by atoms with Crippen LogP contribution in [0.2, 0.25) is 0 Å². The van der Waals surface area contributed by atoms with E-state index in [0.29, 0.717) is 6.42 Å². The lowest BCUT2D eigenvalue weighted by molar-refractivity contribution is -0.697. The number of aromatic nitrogens is 1. The lowest BCUT2D eigenvalue weighted by atomic mass is 10.1. The third-order valence-corrected chi connectivity index (χ3v) is 2.28. The van der Waals surface area contributed by atoms with E-state index in [1.807, 2.05) is 30.6 Å². The molecule has 0 spiro atoms. The van der Waals surface area contributed by atoms with Gasteiger partial charge in [-0.05, 0) is 12.8 Å². The van der Waals surface area contributed by atoms with Crippen molar-refractivity contribution in [2.45, 2.75) is 31.8 Å². The van der Waals surface area contributed by atoms with E-state index in [0.717, 1.165) is 19.4 Å². The highest BCUT2D eigenvalue weighted by Gasteiger charge is 2.10. The van der Waals surface area contributed by atoms with E-state index >= 15 is 0 Å². The summed E-state index contributed by atoms with van der Waals surface area (Å²) in [7, 11) is 0. The van der Waals surface area contributed by atoms with Crippen molar-refractivity contribution in [2.75, 3.05) is 0 Å². The Kier molecular flexibility index (Phi) is 11.2. The van der Waals surface area contributed by atoms with Crippen LogP contribution in [0.4, 0.5) is 0 Å². The van der Waals surface area contributed by atoms with Gasteiger partial charge in [-0.15, -0.1) is 12.4 Å². The molecule has 0 bridgehead atoms. The van der Waals surface area contributed by atoms with Crippen LogP contribution >= 0.6 is 12.4 Å². The fourth-order valence-corrected chi connectivity index (χ4v) is 1.37. The Bertz CT molecular complexity index is 310. The van der Waals surface area contributed by atoms with Crippen molar-refractivity contribution in [1.82, 2.24) is 0 Å². The van der Waals surface area contributed by atoms with Crippen molar-refractivity contribution in [3.8, 4) is 0 Å². The molecule has 0 fully saturated rings. The maximum Gasteiger partial charge on any atom is 0.320 e. The predicted molar refractivity (Wildman–Crippen MR) is 63.3 cm³/mol. The number of hydrogen-bond acceptors (Lipinski definition) is 2. The van der Waals surface area contributed by atoms with Crippen molar-refractivity contribution >= 4 is 18.4 Å². The van der Waals surface area contributed by atoms with Crippen LogP contribution in [0.3, 0.4) is 0 Å². The Morgan fingerprint density at radius 1 is 1.24 bits per heavy atom. The van der Waals surface area contributed by atoms with Crippen molar-refractivity contribution in [3.63, 3.8) is 0 Å². The standard InChI is InChI=1S/C11H16N2O2.2ClH/c12-10(11(14)15)6-2-5-9-13-7-3-1-4-8-13;;/h1,3-4,7-8,10H,2,5-6,9,12H2;2*1H. The molecular formula is C11H18Cl2N2O2. The number of carboxylic acid groups (broad SMARTS) is 1. The average molecular weight is 281 g/mol. The highest BCUT2D eigenvalue weighted by Crippen LogP contribution is 1.99. The summed E-state index contributed by atoms with van der Waals surface area (Å²) in [5.74, 6) is -0.914. The zero-order valence-electron chi connectivity index (χ0n) is 9.46. The molecule has 1 atom stereocenters. The number of hydrogen-bond donors (Lipinski definition) is 2. The van der Waals surface area contributed by atoms with Gasteiger partial charge in [0.15, 0.2) is 12.4 Å². The molecule has 0 amide bonds. The van der Waals surface area contributed by atoms with E-state index in [1.54, 1.807) is 0 Å². The van der Waals surface area contributed by atoms with Gasteiger partial charge in [0.2, 0.25) is 0 Å². The zero-order chi connectivity index (χ0) is 11.1. The molecular weight excluding hydrogens is 263 g/mol. The number of nitrogens with zero attached hydrogens (tertiary/aromatic N) is 1. The first-order valence-electron chi connectivity index (χ1n) is 5.12. The second-order valence-electron chi connectivity index (χ2n) is 3.55. The summed E-state index contributed by atoms with van der Waals surface area (Å²) in [5, 5.41) is 8.57. The minimum atomic E-state index is -0.914. The number of pyridine rings is 1. The zero-order valence-corrected chi connectivity index (χ0v) is 11.0. The van der Waals surface area contributed by atoms with E-state index in [-0.39, 0.29) is 24.8 Å². The second-order valence-corrected chi connectivity index (χ2v) is 3.55. The average Bonchev–Trinajstić information content (AvgIpc) is 2.25. The second kappa shape index (κ2) is 10.3. The van der Waals surface area contributed by atoms with Gasteiger partial charge in [-0.1, -0.05) is 6.07 Å². The first-order valence-corrected chi connectivity index (χ1v) is 5.12. The van der Waals surface area contributed by atoms with Gasteiger partial charge in [-0.25, -0.2) is 4.57 Å². The number of aryl methyl sites for hydroxylation is 1. The SMILES string of the molecule is Cl.NC(CCCC[n+]1ccccc1)C(=O)O.[Cl-]. The van der Waals surface area contributed by atoms with Crippen LogP contribution in [0.5, 0.6) is 0 Å². The quantitative estimate of drug-likeness (QED) is 0.467. The fourth-order valence-electron chi connectivity index (χ4n) is 1.37. The summed E-state index contributed by atoms with van der Waals surface area (Å²) in [6.07, 6.45) is 6.34. The molecule has 0 aromatic carbocycles. The minimum absolute atomic E-state index is 0. The first-order chi connectivity index (χ1) is 7.20. The topological polar surface area (TPSA) is 67.2 Å². The largest absolute Gasteiger partial charge is 1.00 e. The Morgan fingerprint density at radius 2 is 1.82 bits per heavy atom. The Balaban J connectivity index is 0. The van der Waals surface area contributed by atoms with Crippen LogP contribution in [-0.4, -0.2) is 17.1 Å². The molecule has 4 nitrogen and oxygen atoms in total. The van der Waals surface area contributed by atoms with Crippen LogP contribution in [0.1, 0.15) is 19.3 Å².